The lowest BCUT2D eigenvalue weighted by molar-refractivity contribution is 0.672. The van der Waals surface area contributed by atoms with Gasteiger partial charge in [0.15, 0.2) is 17.5 Å². The molecule has 0 saturated carbocycles. The van der Waals surface area contributed by atoms with E-state index in [1.165, 1.54) is 5.19 Å². The zero-order valence-electron chi connectivity index (χ0n) is 20.0. The Morgan fingerprint density at radius 3 is 1.60 bits per heavy atom. The van der Waals surface area contributed by atoms with Crippen LogP contribution in [0.5, 0.6) is 0 Å². The second-order valence-electron chi connectivity index (χ2n) is 9.75. The van der Waals surface area contributed by atoms with Crippen LogP contribution in [0.2, 0.25) is 19.6 Å². The Morgan fingerprint density at radius 2 is 1.03 bits per heavy atom. The smallest absolute Gasteiger partial charge is 0.167 e. The van der Waals surface area contributed by atoms with E-state index in [0.29, 0.717) is 17.5 Å². The van der Waals surface area contributed by atoms with E-state index in [1.807, 2.05) is 66.7 Å². The van der Waals surface area contributed by atoms with Gasteiger partial charge < -0.3 is 4.42 Å². The Morgan fingerprint density at radius 1 is 0.514 bits per heavy atom. The van der Waals surface area contributed by atoms with Gasteiger partial charge in [0.05, 0.1) is 13.6 Å². The van der Waals surface area contributed by atoms with Gasteiger partial charge in [-0.15, -0.1) is 0 Å². The van der Waals surface area contributed by atoms with Crippen molar-refractivity contribution in [3.63, 3.8) is 0 Å². The summed E-state index contributed by atoms with van der Waals surface area (Å²) in [5, 5.41) is 3.55. The van der Waals surface area contributed by atoms with E-state index in [9.17, 15) is 0 Å². The van der Waals surface area contributed by atoms with Gasteiger partial charge in [-0.25, -0.2) is 15.0 Å². The molecule has 2 heterocycles. The van der Waals surface area contributed by atoms with E-state index < -0.39 is 8.07 Å². The van der Waals surface area contributed by atoms with Gasteiger partial charge in [0.25, 0.3) is 0 Å². The first-order valence-electron chi connectivity index (χ1n) is 11.8. The number of benzene rings is 4. The molecule has 0 unspecified atom stereocenters. The van der Waals surface area contributed by atoms with Crippen molar-refractivity contribution in [3.05, 3.63) is 97.1 Å². The Labute approximate surface area is 205 Å². The summed E-state index contributed by atoms with van der Waals surface area (Å²) in [6, 6.07) is 32.8. The number of furan rings is 1. The first kappa shape index (κ1) is 21.4. The van der Waals surface area contributed by atoms with Crippen molar-refractivity contribution in [2.24, 2.45) is 0 Å². The molecule has 6 aromatic rings. The molecule has 0 radical (unpaired) electrons. The molecule has 0 fully saturated rings. The molecule has 0 spiro atoms. The van der Waals surface area contributed by atoms with Crippen LogP contribution in [0.25, 0.3) is 56.1 Å². The summed E-state index contributed by atoms with van der Waals surface area (Å²) in [5.41, 5.74) is 4.57. The molecule has 0 aliphatic heterocycles. The number of hydrogen-bond acceptors (Lipinski definition) is 4. The molecule has 6 rings (SSSR count). The monoisotopic (exact) mass is 471 g/mol. The van der Waals surface area contributed by atoms with Crippen LogP contribution in [0.15, 0.2) is 101 Å². The maximum atomic E-state index is 6.62. The quantitative estimate of drug-likeness (QED) is 0.253. The van der Waals surface area contributed by atoms with E-state index in [-0.39, 0.29) is 0 Å². The maximum absolute atomic E-state index is 6.62. The number of rotatable bonds is 4. The largest absolute Gasteiger partial charge is 0.455 e. The van der Waals surface area contributed by atoms with Gasteiger partial charge in [-0.3, -0.25) is 0 Å². The molecule has 0 saturated heterocycles. The Kier molecular flexibility index (Phi) is 5.08. The van der Waals surface area contributed by atoms with Crippen molar-refractivity contribution < 1.29 is 4.42 Å². The van der Waals surface area contributed by atoms with Gasteiger partial charge >= 0.3 is 0 Å². The van der Waals surface area contributed by atoms with Crippen LogP contribution in [0.3, 0.4) is 0 Å². The first-order chi connectivity index (χ1) is 17.0. The Balaban J connectivity index is 1.63. The van der Waals surface area contributed by atoms with Crippen LogP contribution in [-0.2, 0) is 0 Å². The van der Waals surface area contributed by atoms with Crippen molar-refractivity contribution in [1.82, 2.24) is 15.0 Å². The number of para-hydroxylation sites is 2. The summed E-state index contributed by atoms with van der Waals surface area (Å²) in [5.74, 6) is 1.90. The van der Waals surface area contributed by atoms with Crippen molar-refractivity contribution in [1.29, 1.82) is 0 Å². The summed E-state index contributed by atoms with van der Waals surface area (Å²) in [7, 11) is -1.60. The average molecular weight is 472 g/mol. The Bertz CT molecular complexity index is 1610. The third-order valence-electron chi connectivity index (χ3n) is 6.27. The lowest BCUT2D eigenvalue weighted by Gasteiger charge is -2.16. The highest BCUT2D eigenvalue weighted by Crippen LogP contribution is 2.35. The lowest BCUT2D eigenvalue weighted by atomic mass is 10.1. The molecule has 170 valence electrons. The number of aromatic nitrogens is 3. The van der Waals surface area contributed by atoms with E-state index in [1.54, 1.807) is 0 Å². The summed E-state index contributed by atoms with van der Waals surface area (Å²) in [6.07, 6.45) is 0. The van der Waals surface area contributed by atoms with Gasteiger partial charge in [0.2, 0.25) is 0 Å². The topological polar surface area (TPSA) is 51.8 Å². The predicted molar refractivity (Wildman–Crippen MR) is 146 cm³/mol. The molecule has 0 N–H and O–H groups in total. The second-order valence-corrected chi connectivity index (χ2v) is 14.8. The minimum absolute atomic E-state index is 0.608. The van der Waals surface area contributed by atoms with Gasteiger partial charge in [0.1, 0.15) is 11.2 Å². The standard InChI is InChI=1S/C30H25N3OSi/c1-35(2,3)25-19-11-17-23-22-16-10-18-24(26(22)34-27(23)25)30-32-28(20-12-6-4-7-13-20)31-29(33-30)21-14-8-5-9-15-21/h4-19H,1-3H3. The van der Waals surface area contributed by atoms with Gasteiger partial charge in [0, 0.05) is 21.9 Å². The normalized spacial score (nSPS) is 11.9. The third-order valence-corrected chi connectivity index (χ3v) is 8.28. The average Bonchev–Trinajstić information content (AvgIpc) is 3.28. The van der Waals surface area contributed by atoms with Crippen molar-refractivity contribution in [2.45, 2.75) is 19.6 Å². The second kappa shape index (κ2) is 8.29. The fraction of sp³-hybridized carbons (Fsp3) is 0.100. The van der Waals surface area contributed by atoms with Crippen molar-refractivity contribution in [3.8, 4) is 34.2 Å². The summed E-state index contributed by atoms with van der Waals surface area (Å²) in [4.78, 5) is 14.7. The third kappa shape index (κ3) is 3.84. The number of nitrogens with zero attached hydrogens (tertiary/aromatic N) is 3. The molecule has 35 heavy (non-hydrogen) atoms. The van der Waals surface area contributed by atoms with E-state index in [2.05, 4.69) is 50.0 Å². The zero-order valence-corrected chi connectivity index (χ0v) is 21.0. The summed E-state index contributed by atoms with van der Waals surface area (Å²) in [6.45, 7) is 7.04. The molecule has 0 aliphatic rings. The Hall–Kier alpha value is -4.09. The summed E-state index contributed by atoms with van der Waals surface area (Å²) < 4.78 is 6.62. The highest BCUT2D eigenvalue weighted by molar-refractivity contribution is 6.90. The van der Waals surface area contributed by atoms with Gasteiger partial charge in [-0.05, 0) is 11.3 Å². The van der Waals surface area contributed by atoms with Crippen LogP contribution in [0, 0.1) is 0 Å². The molecule has 0 aliphatic carbocycles. The molecule has 0 atom stereocenters. The van der Waals surface area contributed by atoms with Crippen molar-refractivity contribution in [2.75, 3.05) is 0 Å². The van der Waals surface area contributed by atoms with Crippen LogP contribution < -0.4 is 5.19 Å². The maximum Gasteiger partial charge on any atom is 0.167 e. The zero-order chi connectivity index (χ0) is 24.0. The highest BCUT2D eigenvalue weighted by atomic mass is 28.3. The van der Waals surface area contributed by atoms with Crippen LogP contribution in [0.1, 0.15) is 0 Å². The molecule has 4 nitrogen and oxygen atoms in total. The van der Waals surface area contributed by atoms with Crippen LogP contribution in [0.4, 0.5) is 0 Å². The number of hydrogen-bond donors (Lipinski definition) is 0. The van der Waals surface area contributed by atoms with Crippen molar-refractivity contribution >= 4 is 35.2 Å². The highest BCUT2D eigenvalue weighted by Gasteiger charge is 2.24. The van der Waals surface area contributed by atoms with E-state index in [0.717, 1.165) is 38.6 Å². The molecule has 0 bridgehead atoms. The minimum atomic E-state index is -1.60. The molecule has 2 aromatic heterocycles. The van der Waals surface area contributed by atoms with E-state index >= 15 is 0 Å². The molecular weight excluding hydrogens is 446 g/mol. The molecule has 5 heteroatoms. The first-order valence-corrected chi connectivity index (χ1v) is 15.3. The molecule has 0 amide bonds. The van der Waals surface area contributed by atoms with E-state index in [4.69, 9.17) is 19.4 Å². The van der Waals surface area contributed by atoms with Gasteiger partial charge in [-0.2, -0.15) is 0 Å². The van der Waals surface area contributed by atoms with Gasteiger partial charge in [-0.1, -0.05) is 111 Å². The summed E-state index contributed by atoms with van der Waals surface area (Å²) >= 11 is 0. The van der Waals surface area contributed by atoms with Crippen LogP contribution in [-0.4, -0.2) is 23.0 Å². The fourth-order valence-electron chi connectivity index (χ4n) is 4.52. The minimum Gasteiger partial charge on any atom is -0.455 e. The molecule has 4 aromatic carbocycles. The lowest BCUT2D eigenvalue weighted by Crippen LogP contribution is -2.37. The molecular formula is C30H25N3OSi. The fourth-order valence-corrected chi connectivity index (χ4v) is 5.98. The predicted octanol–water partition coefficient (Wildman–Crippen LogP) is 7.32. The SMILES string of the molecule is C[Si](C)(C)c1cccc2c1oc1c(-c3nc(-c4ccccc4)nc(-c4ccccc4)n3)cccc12. The number of fused-ring (bicyclic) bond motifs is 3. The van der Waals surface area contributed by atoms with Crippen LogP contribution >= 0.6 is 0 Å².